The van der Waals surface area contributed by atoms with Crippen molar-refractivity contribution < 1.29 is 8.78 Å². The van der Waals surface area contributed by atoms with Crippen LogP contribution in [0.15, 0.2) is 36.4 Å². The maximum Gasteiger partial charge on any atom is 0.126 e. The van der Waals surface area contributed by atoms with Crippen molar-refractivity contribution in [2.75, 3.05) is 0 Å². The van der Waals surface area contributed by atoms with Crippen LogP contribution in [0.4, 0.5) is 8.78 Å². The summed E-state index contributed by atoms with van der Waals surface area (Å²) in [6.45, 7) is 2.90. The van der Waals surface area contributed by atoms with Crippen LogP contribution in [0, 0.1) is 18.6 Å². The standard InChI is InChI=1S/C14H14F2N2/c1-10-3-2-4-14(18-10)9-17-8-11-5-12(15)7-13(16)6-11/h2-7,17H,8-9H2,1H3. The molecule has 0 spiro atoms. The summed E-state index contributed by atoms with van der Waals surface area (Å²) in [6, 6.07) is 9.27. The van der Waals surface area contributed by atoms with Crippen LogP contribution in [-0.2, 0) is 13.1 Å². The summed E-state index contributed by atoms with van der Waals surface area (Å²) >= 11 is 0. The molecule has 0 bridgehead atoms. The van der Waals surface area contributed by atoms with Crippen LogP contribution < -0.4 is 5.32 Å². The van der Waals surface area contributed by atoms with E-state index < -0.39 is 11.6 Å². The van der Waals surface area contributed by atoms with Gasteiger partial charge in [0, 0.05) is 24.8 Å². The third-order valence-electron chi connectivity index (χ3n) is 2.50. The fraction of sp³-hybridized carbons (Fsp3) is 0.214. The van der Waals surface area contributed by atoms with Crippen LogP contribution in [-0.4, -0.2) is 4.98 Å². The number of nitrogens with zero attached hydrogens (tertiary/aromatic N) is 1. The molecule has 18 heavy (non-hydrogen) atoms. The van der Waals surface area contributed by atoms with Crippen molar-refractivity contribution in [1.29, 1.82) is 0 Å². The normalized spacial score (nSPS) is 10.6. The lowest BCUT2D eigenvalue weighted by Crippen LogP contribution is -2.14. The highest BCUT2D eigenvalue weighted by Gasteiger charge is 2.01. The first-order valence-electron chi connectivity index (χ1n) is 5.72. The smallest absolute Gasteiger partial charge is 0.126 e. The van der Waals surface area contributed by atoms with Gasteiger partial charge in [-0.15, -0.1) is 0 Å². The van der Waals surface area contributed by atoms with Gasteiger partial charge in [-0.1, -0.05) is 6.07 Å². The van der Waals surface area contributed by atoms with Crippen molar-refractivity contribution in [2.45, 2.75) is 20.0 Å². The van der Waals surface area contributed by atoms with Crippen LogP contribution in [0.25, 0.3) is 0 Å². The van der Waals surface area contributed by atoms with E-state index in [2.05, 4.69) is 10.3 Å². The molecule has 4 heteroatoms. The van der Waals surface area contributed by atoms with E-state index in [9.17, 15) is 8.78 Å². The number of pyridine rings is 1. The minimum Gasteiger partial charge on any atom is -0.307 e. The molecule has 1 heterocycles. The van der Waals surface area contributed by atoms with Crippen molar-refractivity contribution in [3.63, 3.8) is 0 Å². The summed E-state index contributed by atoms with van der Waals surface area (Å²) < 4.78 is 25.9. The lowest BCUT2D eigenvalue weighted by Gasteiger charge is -2.05. The lowest BCUT2D eigenvalue weighted by atomic mass is 10.2. The van der Waals surface area contributed by atoms with Crippen molar-refractivity contribution in [1.82, 2.24) is 10.3 Å². The molecule has 1 aromatic carbocycles. The molecule has 0 aliphatic carbocycles. The summed E-state index contributed by atoms with van der Waals surface area (Å²) in [7, 11) is 0. The number of halogens is 2. The van der Waals surface area contributed by atoms with Crippen molar-refractivity contribution in [3.05, 3.63) is 65.0 Å². The van der Waals surface area contributed by atoms with Crippen molar-refractivity contribution in [2.24, 2.45) is 0 Å². The summed E-state index contributed by atoms with van der Waals surface area (Å²) in [5, 5.41) is 3.10. The number of rotatable bonds is 4. The highest BCUT2D eigenvalue weighted by atomic mass is 19.1. The molecule has 0 aliphatic rings. The van der Waals surface area contributed by atoms with Crippen LogP contribution in [0.2, 0.25) is 0 Å². The number of hydrogen-bond acceptors (Lipinski definition) is 2. The van der Waals surface area contributed by atoms with Gasteiger partial charge < -0.3 is 5.32 Å². The van der Waals surface area contributed by atoms with Crippen LogP contribution >= 0.6 is 0 Å². The van der Waals surface area contributed by atoms with Crippen molar-refractivity contribution >= 4 is 0 Å². The minimum atomic E-state index is -0.555. The predicted octanol–water partition coefficient (Wildman–Crippen LogP) is 2.96. The fourth-order valence-corrected chi connectivity index (χ4v) is 1.75. The number of aryl methyl sites for hydroxylation is 1. The summed E-state index contributed by atoms with van der Waals surface area (Å²) in [5.41, 5.74) is 2.44. The Morgan fingerprint density at radius 3 is 2.44 bits per heavy atom. The number of hydrogen-bond donors (Lipinski definition) is 1. The first-order valence-corrected chi connectivity index (χ1v) is 5.72. The molecular weight excluding hydrogens is 234 g/mol. The van der Waals surface area contributed by atoms with Crippen LogP contribution in [0.1, 0.15) is 17.0 Å². The first kappa shape index (κ1) is 12.6. The molecule has 0 fully saturated rings. The summed E-state index contributed by atoms with van der Waals surface area (Å²) in [4.78, 5) is 4.33. The number of benzene rings is 1. The predicted molar refractivity (Wildman–Crippen MR) is 65.9 cm³/mol. The van der Waals surface area contributed by atoms with Gasteiger partial charge in [0.25, 0.3) is 0 Å². The second kappa shape index (κ2) is 5.69. The first-order chi connectivity index (χ1) is 8.63. The highest BCUT2D eigenvalue weighted by Crippen LogP contribution is 2.08. The highest BCUT2D eigenvalue weighted by molar-refractivity contribution is 5.18. The molecule has 0 aliphatic heterocycles. The van der Waals surface area contributed by atoms with E-state index >= 15 is 0 Å². The van der Waals surface area contributed by atoms with E-state index in [-0.39, 0.29) is 0 Å². The Labute approximate surface area is 105 Å². The largest absolute Gasteiger partial charge is 0.307 e. The quantitative estimate of drug-likeness (QED) is 0.899. The number of nitrogens with one attached hydrogen (secondary N) is 1. The Kier molecular flexibility index (Phi) is 3.99. The van der Waals surface area contributed by atoms with Gasteiger partial charge >= 0.3 is 0 Å². The molecule has 1 aromatic heterocycles. The van der Waals surface area contributed by atoms with Gasteiger partial charge in [-0.3, -0.25) is 4.98 Å². The second-order valence-electron chi connectivity index (χ2n) is 4.15. The summed E-state index contributed by atoms with van der Waals surface area (Å²) in [5.74, 6) is -1.11. The molecule has 1 N–H and O–H groups in total. The molecule has 0 saturated heterocycles. The van der Waals surface area contributed by atoms with Gasteiger partial charge in [-0.05, 0) is 36.8 Å². The molecule has 2 aromatic rings. The maximum atomic E-state index is 13.0. The Balaban J connectivity index is 1.92. The van der Waals surface area contributed by atoms with E-state index in [1.54, 1.807) is 0 Å². The van der Waals surface area contributed by atoms with Gasteiger partial charge in [0.2, 0.25) is 0 Å². The molecule has 0 unspecified atom stereocenters. The van der Waals surface area contributed by atoms with Gasteiger partial charge in [0.1, 0.15) is 11.6 Å². The Morgan fingerprint density at radius 1 is 1.06 bits per heavy atom. The van der Waals surface area contributed by atoms with E-state index in [0.717, 1.165) is 17.5 Å². The molecule has 0 atom stereocenters. The average Bonchev–Trinajstić information content (AvgIpc) is 2.27. The summed E-state index contributed by atoms with van der Waals surface area (Å²) in [6.07, 6.45) is 0. The Morgan fingerprint density at radius 2 is 1.78 bits per heavy atom. The lowest BCUT2D eigenvalue weighted by molar-refractivity contribution is 0.574. The van der Waals surface area contributed by atoms with E-state index in [0.29, 0.717) is 18.7 Å². The van der Waals surface area contributed by atoms with E-state index in [4.69, 9.17) is 0 Å². The molecule has 0 saturated carbocycles. The van der Waals surface area contributed by atoms with Crippen LogP contribution in [0.3, 0.4) is 0 Å². The third-order valence-corrected chi connectivity index (χ3v) is 2.50. The Hall–Kier alpha value is -1.81. The molecule has 0 radical (unpaired) electrons. The van der Waals surface area contributed by atoms with Gasteiger partial charge in [-0.25, -0.2) is 8.78 Å². The van der Waals surface area contributed by atoms with Gasteiger partial charge in [0.05, 0.1) is 5.69 Å². The third kappa shape index (κ3) is 3.60. The molecule has 0 amide bonds. The van der Waals surface area contributed by atoms with Crippen molar-refractivity contribution in [3.8, 4) is 0 Å². The van der Waals surface area contributed by atoms with Gasteiger partial charge in [-0.2, -0.15) is 0 Å². The maximum absolute atomic E-state index is 13.0. The molecular formula is C14H14F2N2. The van der Waals surface area contributed by atoms with E-state index in [1.165, 1.54) is 12.1 Å². The van der Waals surface area contributed by atoms with Gasteiger partial charge in [0.15, 0.2) is 0 Å². The second-order valence-corrected chi connectivity index (χ2v) is 4.15. The molecule has 94 valence electrons. The number of aromatic nitrogens is 1. The average molecular weight is 248 g/mol. The zero-order valence-corrected chi connectivity index (χ0v) is 10.1. The monoisotopic (exact) mass is 248 g/mol. The zero-order valence-electron chi connectivity index (χ0n) is 10.1. The molecule has 2 nitrogen and oxygen atoms in total. The Bertz CT molecular complexity index is 521. The van der Waals surface area contributed by atoms with E-state index in [1.807, 2.05) is 25.1 Å². The SMILES string of the molecule is Cc1cccc(CNCc2cc(F)cc(F)c2)n1. The topological polar surface area (TPSA) is 24.9 Å². The molecule has 2 rings (SSSR count). The minimum absolute atomic E-state index is 0.407. The zero-order chi connectivity index (χ0) is 13.0. The fourth-order valence-electron chi connectivity index (χ4n) is 1.75. The van der Waals surface area contributed by atoms with Crippen LogP contribution in [0.5, 0.6) is 0 Å².